The molecule has 0 saturated carbocycles. The van der Waals surface area contributed by atoms with E-state index >= 15 is 0 Å². The number of hydrogen-bond donors (Lipinski definition) is 1. The van der Waals surface area contributed by atoms with Gasteiger partial charge in [0.25, 0.3) is 0 Å². The fourth-order valence-electron chi connectivity index (χ4n) is 1.75. The lowest BCUT2D eigenvalue weighted by molar-refractivity contribution is 0.449. The Balaban J connectivity index is 2.31. The molecular weight excluding hydrogens is 276 g/mol. The quantitative estimate of drug-likeness (QED) is 0.918. The number of aromatic nitrogens is 2. The fourth-order valence-corrected chi connectivity index (χ4v) is 1.75. The Morgan fingerprint density at radius 1 is 1.24 bits per heavy atom. The van der Waals surface area contributed by atoms with Crippen LogP contribution in [0.2, 0.25) is 0 Å². The number of benzene rings is 1. The second-order valence-corrected chi connectivity index (χ2v) is 4.90. The van der Waals surface area contributed by atoms with Crippen molar-refractivity contribution in [3.63, 3.8) is 0 Å². The molecule has 1 heterocycles. The standard InChI is InChI=1S/C15H17F2N3O/c1-9(2)15-19-8-14(13(20-15)7-18-3)21-10-4-5-11(16)12(17)6-10/h4-6,8-9,18H,7H2,1-3H3. The van der Waals surface area contributed by atoms with Gasteiger partial charge in [-0.1, -0.05) is 13.8 Å². The van der Waals surface area contributed by atoms with Crippen molar-refractivity contribution >= 4 is 0 Å². The summed E-state index contributed by atoms with van der Waals surface area (Å²) in [5, 5.41) is 2.99. The SMILES string of the molecule is CNCc1nc(C(C)C)ncc1Oc1ccc(F)c(F)c1. The van der Waals surface area contributed by atoms with Gasteiger partial charge in [-0.2, -0.15) is 0 Å². The summed E-state index contributed by atoms with van der Waals surface area (Å²) in [4.78, 5) is 8.66. The number of nitrogens with zero attached hydrogens (tertiary/aromatic N) is 2. The average Bonchev–Trinajstić information content (AvgIpc) is 2.45. The third kappa shape index (κ3) is 3.72. The van der Waals surface area contributed by atoms with E-state index in [1.165, 1.54) is 6.07 Å². The number of rotatable bonds is 5. The normalized spacial score (nSPS) is 11.0. The van der Waals surface area contributed by atoms with Gasteiger partial charge in [0.2, 0.25) is 0 Å². The van der Waals surface area contributed by atoms with Crippen LogP contribution in [0.15, 0.2) is 24.4 Å². The molecule has 0 atom stereocenters. The maximum atomic E-state index is 13.2. The maximum Gasteiger partial charge on any atom is 0.168 e. The summed E-state index contributed by atoms with van der Waals surface area (Å²) in [6.07, 6.45) is 1.55. The summed E-state index contributed by atoms with van der Waals surface area (Å²) in [5.41, 5.74) is 0.668. The lowest BCUT2D eigenvalue weighted by atomic mass is 10.2. The van der Waals surface area contributed by atoms with Crippen LogP contribution in [0.1, 0.15) is 31.3 Å². The molecule has 0 spiro atoms. The Hall–Kier alpha value is -2.08. The minimum atomic E-state index is -0.956. The van der Waals surface area contributed by atoms with E-state index in [9.17, 15) is 8.78 Å². The van der Waals surface area contributed by atoms with E-state index in [-0.39, 0.29) is 11.7 Å². The molecule has 1 N–H and O–H groups in total. The van der Waals surface area contributed by atoms with Gasteiger partial charge in [-0.05, 0) is 19.2 Å². The van der Waals surface area contributed by atoms with Gasteiger partial charge in [-0.3, -0.25) is 0 Å². The van der Waals surface area contributed by atoms with Crippen molar-refractivity contribution < 1.29 is 13.5 Å². The minimum Gasteiger partial charge on any atom is -0.454 e. The molecule has 0 unspecified atom stereocenters. The van der Waals surface area contributed by atoms with Gasteiger partial charge in [-0.25, -0.2) is 18.7 Å². The van der Waals surface area contributed by atoms with E-state index in [1.54, 1.807) is 13.2 Å². The van der Waals surface area contributed by atoms with Gasteiger partial charge in [0, 0.05) is 18.5 Å². The van der Waals surface area contributed by atoms with Gasteiger partial charge in [-0.15, -0.1) is 0 Å². The third-order valence-corrected chi connectivity index (χ3v) is 2.83. The topological polar surface area (TPSA) is 47.0 Å². The molecule has 0 radical (unpaired) electrons. The lowest BCUT2D eigenvalue weighted by Gasteiger charge is -2.12. The summed E-state index contributed by atoms with van der Waals surface area (Å²) in [6, 6.07) is 3.37. The Kier molecular flexibility index (Phi) is 4.80. The highest BCUT2D eigenvalue weighted by atomic mass is 19.2. The summed E-state index contributed by atoms with van der Waals surface area (Å²) < 4.78 is 31.7. The molecule has 6 heteroatoms. The molecule has 1 aromatic carbocycles. The summed E-state index contributed by atoms with van der Waals surface area (Å²) >= 11 is 0. The molecule has 4 nitrogen and oxygen atoms in total. The molecule has 0 fully saturated rings. The molecule has 0 aliphatic rings. The van der Waals surface area contributed by atoms with E-state index in [2.05, 4.69) is 15.3 Å². The highest BCUT2D eigenvalue weighted by Crippen LogP contribution is 2.26. The molecule has 0 aliphatic heterocycles. The lowest BCUT2D eigenvalue weighted by Crippen LogP contribution is -2.11. The van der Waals surface area contributed by atoms with Crippen molar-refractivity contribution in [1.29, 1.82) is 0 Å². The molecule has 1 aromatic heterocycles. The van der Waals surface area contributed by atoms with Crippen LogP contribution in [-0.4, -0.2) is 17.0 Å². The summed E-state index contributed by atoms with van der Waals surface area (Å²) in [6.45, 7) is 4.48. The maximum absolute atomic E-state index is 13.2. The van der Waals surface area contributed by atoms with Gasteiger partial charge in [0.1, 0.15) is 17.3 Å². The summed E-state index contributed by atoms with van der Waals surface area (Å²) in [7, 11) is 1.79. The van der Waals surface area contributed by atoms with Gasteiger partial charge in [0.05, 0.1) is 6.20 Å². The zero-order valence-electron chi connectivity index (χ0n) is 12.2. The molecule has 21 heavy (non-hydrogen) atoms. The molecule has 0 aliphatic carbocycles. The Morgan fingerprint density at radius 3 is 2.62 bits per heavy atom. The van der Waals surface area contributed by atoms with Crippen molar-refractivity contribution in [3.05, 3.63) is 47.5 Å². The van der Waals surface area contributed by atoms with Crippen LogP contribution in [0.5, 0.6) is 11.5 Å². The van der Waals surface area contributed by atoms with Crippen LogP contribution in [-0.2, 0) is 6.54 Å². The zero-order valence-corrected chi connectivity index (χ0v) is 12.2. The summed E-state index contributed by atoms with van der Waals surface area (Å²) in [5.74, 6) is -0.352. The number of ether oxygens (including phenoxy) is 1. The van der Waals surface area contributed by atoms with Crippen LogP contribution >= 0.6 is 0 Å². The van der Waals surface area contributed by atoms with Gasteiger partial charge < -0.3 is 10.1 Å². The van der Waals surface area contributed by atoms with E-state index in [0.717, 1.165) is 12.1 Å². The number of hydrogen-bond acceptors (Lipinski definition) is 4. The van der Waals surface area contributed by atoms with Crippen molar-refractivity contribution in [1.82, 2.24) is 15.3 Å². The van der Waals surface area contributed by atoms with Gasteiger partial charge in [0.15, 0.2) is 17.4 Å². The molecule has 0 saturated heterocycles. The predicted octanol–water partition coefficient (Wildman–Crippen LogP) is 3.39. The first-order valence-corrected chi connectivity index (χ1v) is 6.64. The third-order valence-electron chi connectivity index (χ3n) is 2.83. The number of nitrogens with one attached hydrogen (secondary N) is 1. The molecule has 0 amide bonds. The largest absolute Gasteiger partial charge is 0.454 e. The molecule has 112 valence electrons. The van der Waals surface area contributed by atoms with Crippen LogP contribution in [0.4, 0.5) is 8.78 Å². The van der Waals surface area contributed by atoms with Gasteiger partial charge >= 0.3 is 0 Å². The highest BCUT2D eigenvalue weighted by molar-refractivity contribution is 5.33. The fraction of sp³-hybridized carbons (Fsp3) is 0.333. The van der Waals surface area contributed by atoms with Crippen molar-refractivity contribution in [2.24, 2.45) is 0 Å². The molecule has 2 aromatic rings. The monoisotopic (exact) mass is 293 g/mol. The van der Waals surface area contributed by atoms with E-state index < -0.39 is 11.6 Å². The molecule has 0 bridgehead atoms. The van der Waals surface area contributed by atoms with Crippen LogP contribution in [0, 0.1) is 11.6 Å². The first-order valence-electron chi connectivity index (χ1n) is 6.64. The van der Waals surface area contributed by atoms with Crippen LogP contribution in [0.25, 0.3) is 0 Å². The average molecular weight is 293 g/mol. The van der Waals surface area contributed by atoms with E-state index in [1.807, 2.05) is 13.8 Å². The van der Waals surface area contributed by atoms with Crippen molar-refractivity contribution in [3.8, 4) is 11.5 Å². The minimum absolute atomic E-state index is 0.193. The highest BCUT2D eigenvalue weighted by Gasteiger charge is 2.12. The van der Waals surface area contributed by atoms with E-state index in [4.69, 9.17) is 4.74 Å². The number of halogens is 2. The van der Waals surface area contributed by atoms with Crippen molar-refractivity contribution in [2.45, 2.75) is 26.3 Å². The van der Waals surface area contributed by atoms with Crippen LogP contribution in [0.3, 0.4) is 0 Å². The Morgan fingerprint density at radius 2 is 2.00 bits per heavy atom. The second-order valence-electron chi connectivity index (χ2n) is 4.90. The molecule has 2 rings (SSSR count). The first-order chi connectivity index (χ1) is 10.0. The van der Waals surface area contributed by atoms with Crippen LogP contribution < -0.4 is 10.1 Å². The van der Waals surface area contributed by atoms with Crippen molar-refractivity contribution in [2.75, 3.05) is 7.05 Å². The Bertz CT molecular complexity index is 632. The zero-order chi connectivity index (χ0) is 15.4. The molecular formula is C15H17F2N3O. The smallest absolute Gasteiger partial charge is 0.168 e. The van der Waals surface area contributed by atoms with E-state index in [0.29, 0.717) is 23.8 Å². The first kappa shape index (κ1) is 15.3. The predicted molar refractivity (Wildman–Crippen MR) is 75.3 cm³/mol. The second kappa shape index (κ2) is 6.58. The Labute approximate surface area is 122 Å².